The molecule has 3 aromatic rings. The molecule has 0 bridgehead atoms. The van der Waals surface area contributed by atoms with Crippen LogP contribution in [0.15, 0.2) is 66.7 Å². The summed E-state index contributed by atoms with van der Waals surface area (Å²) in [5.41, 5.74) is 4.31. The fraction of sp³-hybridized carbons (Fsp3) is 0.286. The van der Waals surface area contributed by atoms with Crippen LogP contribution in [-0.2, 0) is 11.2 Å². The van der Waals surface area contributed by atoms with Gasteiger partial charge in [-0.15, -0.1) is 0 Å². The van der Waals surface area contributed by atoms with E-state index in [2.05, 4.69) is 6.92 Å². The Labute approximate surface area is 194 Å². The Balaban J connectivity index is 1.88. The van der Waals surface area contributed by atoms with Crippen LogP contribution in [0, 0.1) is 0 Å². The summed E-state index contributed by atoms with van der Waals surface area (Å²) in [5.74, 6) is 1.29. The summed E-state index contributed by atoms with van der Waals surface area (Å²) in [6.45, 7) is 5.64. The van der Waals surface area contributed by atoms with E-state index >= 15 is 0 Å². The number of carbonyl (C=O) groups excluding carboxylic acids is 2. The number of Topliss-reactive ketones (excluding diaryl/α,β-unsaturated/α-hetero) is 1. The van der Waals surface area contributed by atoms with E-state index in [0.29, 0.717) is 17.1 Å². The van der Waals surface area contributed by atoms with Gasteiger partial charge in [0.25, 0.3) is 0 Å². The lowest BCUT2D eigenvalue weighted by atomic mass is 9.86. The highest BCUT2D eigenvalue weighted by molar-refractivity contribution is 5.99. The molecule has 0 spiro atoms. The minimum atomic E-state index is -0.323. The topological polar surface area (TPSA) is 55.8 Å². The van der Waals surface area contributed by atoms with Crippen LogP contribution in [0.2, 0.25) is 0 Å². The predicted octanol–water partition coefficient (Wildman–Crippen LogP) is 5.75. The molecule has 3 aromatic carbocycles. The minimum Gasteiger partial charge on any atom is -0.493 e. The monoisotopic (exact) mass is 443 g/mol. The van der Waals surface area contributed by atoms with Crippen LogP contribution in [-0.4, -0.2) is 24.9 Å². The van der Waals surface area contributed by atoms with E-state index in [0.717, 1.165) is 28.8 Å². The number of carbonyl (C=O) groups is 2. The smallest absolute Gasteiger partial charge is 0.232 e. The third-order valence-corrected chi connectivity index (χ3v) is 6.16. The molecule has 4 rings (SSSR count). The molecule has 0 aliphatic carbocycles. The first kappa shape index (κ1) is 22.6. The van der Waals surface area contributed by atoms with Crippen molar-refractivity contribution in [3.8, 4) is 11.5 Å². The van der Waals surface area contributed by atoms with Crippen molar-refractivity contribution < 1.29 is 19.1 Å². The highest BCUT2D eigenvalue weighted by Crippen LogP contribution is 2.43. The zero-order valence-corrected chi connectivity index (χ0v) is 19.5. The Morgan fingerprint density at radius 2 is 1.76 bits per heavy atom. The summed E-state index contributed by atoms with van der Waals surface area (Å²) in [4.78, 5) is 27.0. The van der Waals surface area contributed by atoms with Crippen LogP contribution in [0.4, 0.5) is 5.69 Å². The third kappa shape index (κ3) is 4.49. The molecule has 0 aromatic heterocycles. The SMILES string of the molecule is CC[C@@H](C)Oc1cc2c(cc1OC)CC(=O)N(c1ccc(C(C)=O)cc1)C2c1ccccc1. The number of fused-ring (bicyclic) bond motifs is 1. The summed E-state index contributed by atoms with van der Waals surface area (Å²) < 4.78 is 11.8. The molecule has 1 aliphatic rings. The number of anilines is 1. The van der Waals surface area contributed by atoms with E-state index < -0.39 is 0 Å². The second-order valence-electron chi connectivity index (χ2n) is 8.40. The van der Waals surface area contributed by atoms with E-state index in [4.69, 9.17) is 9.47 Å². The fourth-order valence-electron chi connectivity index (χ4n) is 4.22. The first-order valence-corrected chi connectivity index (χ1v) is 11.3. The van der Waals surface area contributed by atoms with Gasteiger partial charge in [-0.25, -0.2) is 0 Å². The van der Waals surface area contributed by atoms with E-state index in [1.165, 1.54) is 6.92 Å². The van der Waals surface area contributed by atoms with Gasteiger partial charge in [-0.3, -0.25) is 9.59 Å². The number of ether oxygens (including phenoxy) is 2. The molecular weight excluding hydrogens is 414 g/mol. The maximum atomic E-state index is 13.5. The molecule has 33 heavy (non-hydrogen) atoms. The lowest BCUT2D eigenvalue weighted by Gasteiger charge is -2.38. The average Bonchev–Trinajstić information content (AvgIpc) is 2.83. The normalized spacial score (nSPS) is 16.2. The van der Waals surface area contributed by atoms with Gasteiger partial charge in [-0.05, 0) is 73.4 Å². The molecule has 2 atom stereocenters. The largest absolute Gasteiger partial charge is 0.493 e. The molecule has 0 fully saturated rings. The summed E-state index contributed by atoms with van der Waals surface area (Å²) in [5, 5.41) is 0. The standard InChI is InChI=1S/C28H29NO4/c1-5-18(2)33-26-17-24-22(15-25(26)32-4)16-27(31)29(28(24)21-9-7-6-8-10-21)23-13-11-20(12-14-23)19(3)30/h6-15,17-18,28H,5,16H2,1-4H3/t18-,28?/m1/s1. The molecule has 1 unspecified atom stereocenters. The Kier molecular flexibility index (Phi) is 6.50. The first-order valence-electron chi connectivity index (χ1n) is 11.3. The van der Waals surface area contributed by atoms with Crippen molar-refractivity contribution in [2.75, 3.05) is 12.0 Å². The van der Waals surface area contributed by atoms with Crippen molar-refractivity contribution in [3.05, 3.63) is 89.0 Å². The lowest BCUT2D eigenvalue weighted by Crippen LogP contribution is -2.41. The molecule has 5 nitrogen and oxygen atoms in total. The van der Waals surface area contributed by atoms with E-state index in [1.807, 2.05) is 66.4 Å². The van der Waals surface area contributed by atoms with Crippen LogP contribution < -0.4 is 14.4 Å². The van der Waals surface area contributed by atoms with Crippen LogP contribution >= 0.6 is 0 Å². The van der Waals surface area contributed by atoms with Crippen LogP contribution in [0.5, 0.6) is 11.5 Å². The number of rotatable bonds is 7. The highest BCUT2D eigenvalue weighted by Gasteiger charge is 2.36. The number of hydrogen-bond donors (Lipinski definition) is 0. The van der Waals surface area contributed by atoms with Crippen molar-refractivity contribution in [1.82, 2.24) is 0 Å². The van der Waals surface area contributed by atoms with Gasteiger partial charge in [0, 0.05) is 11.3 Å². The second-order valence-corrected chi connectivity index (χ2v) is 8.40. The zero-order chi connectivity index (χ0) is 23.5. The quantitative estimate of drug-likeness (QED) is 0.436. The van der Waals surface area contributed by atoms with E-state index in [9.17, 15) is 9.59 Å². The second kappa shape index (κ2) is 9.49. The van der Waals surface area contributed by atoms with Crippen molar-refractivity contribution in [1.29, 1.82) is 0 Å². The fourth-order valence-corrected chi connectivity index (χ4v) is 4.22. The Hall–Kier alpha value is -3.60. The van der Waals surface area contributed by atoms with Gasteiger partial charge in [0.2, 0.25) is 5.91 Å². The van der Waals surface area contributed by atoms with Gasteiger partial charge >= 0.3 is 0 Å². The lowest BCUT2D eigenvalue weighted by molar-refractivity contribution is -0.118. The highest BCUT2D eigenvalue weighted by atomic mass is 16.5. The zero-order valence-electron chi connectivity index (χ0n) is 19.5. The van der Waals surface area contributed by atoms with Crippen LogP contribution in [0.25, 0.3) is 0 Å². The number of amides is 1. The van der Waals surface area contributed by atoms with Gasteiger partial charge in [0.05, 0.1) is 25.7 Å². The molecule has 5 heteroatoms. The van der Waals surface area contributed by atoms with Crippen molar-refractivity contribution in [2.24, 2.45) is 0 Å². The molecular formula is C28H29NO4. The maximum absolute atomic E-state index is 13.5. The molecule has 170 valence electrons. The molecule has 0 saturated heterocycles. The molecule has 1 amide bonds. The number of benzene rings is 3. The Bertz CT molecular complexity index is 1150. The predicted molar refractivity (Wildman–Crippen MR) is 129 cm³/mol. The van der Waals surface area contributed by atoms with E-state index in [-0.39, 0.29) is 30.3 Å². The molecule has 0 saturated carbocycles. The molecule has 0 N–H and O–H groups in total. The summed E-state index contributed by atoms with van der Waals surface area (Å²) in [7, 11) is 1.62. The number of methoxy groups -OCH3 is 1. The maximum Gasteiger partial charge on any atom is 0.232 e. The average molecular weight is 444 g/mol. The number of ketones is 1. The first-order chi connectivity index (χ1) is 15.9. The Morgan fingerprint density at radius 3 is 2.36 bits per heavy atom. The number of nitrogens with zero attached hydrogens (tertiary/aromatic N) is 1. The summed E-state index contributed by atoms with van der Waals surface area (Å²) in [6.07, 6.45) is 1.16. The van der Waals surface area contributed by atoms with Gasteiger partial charge in [0.1, 0.15) is 0 Å². The summed E-state index contributed by atoms with van der Waals surface area (Å²) in [6, 6.07) is 20.8. The minimum absolute atomic E-state index is 0.00425. The van der Waals surface area contributed by atoms with Crippen LogP contribution in [0.1, 0.15) is 60.3 Å². The Morgan fingerprint density at radius 1 is 1.06 bits per heavy atom. The van der Waals surface area contributed by atoms with Crippen molar-refractivity contribution >= 4 is 17.4 Å². The van der Waals surface area contributed by atoms with Gasteiger partial charge in [-0.2, -0.15) is 0 Å². The molecule has 1 heterocycles. The van der Waals surface area contributed by atoms with Gasteiger partial charge < -0.3 is 14.4 Å². The summed E-state index contributed by atoms with van der Waals surface area (Å²) >= 11 is 0. The molecule has 0 radical (unpaired) electrons. The van der Waals surface area contributed by atoms with Crippen molar-refractivity contribution in [3.63, 3.8) is 0 Å². The number of hydrogen-bond acceptors (Lipinski definition) is 4. The van der Waals surface area contributed by atoms with Crippen LogP contribution in [0.3, 0.4) is 0 Å². The van der Waals surface area contributed by atoms with Gasteiger partial charge in [0.15, 0.2) is 17.3 Å². The van der Waals surface area contributed by atoms with E-state index in [1.54, 1.807) is 19.2 Å². The van der Waals surface area contributed by atoms with Gasteiger partial charge in [-0.1, -0.05) is 37.3 Å². The molecule has 1 aliphatic heterocycles. The third-order valence-electron chi connectivity index (χ3n) is 6.16. The van der Waals surface area contributed by atoms with Crippen molar-refractivity contribution in [2.45, 2.75) is 45.8 Å².